The Hall–Kier alpha value is -8.33. The zero-order chi connectivity index (χ0) is 40.8. The molecule has 0 amide bonds. The van der Waals surface area contributed by atoms with E-state index in [1.807, 2.05) is 85.1 Å². The van der Waals surface area contributed by atoms with Crippen LogP contribution in [0.1, 0.15) is 27.8 Å². The highest BCUT2D eigenvalue weighted by Crippen LogP contribution is 2.58. The molecule has 0 saturated heterocycles. The first-order chi connectivity index (χ1) is 30.2. The van der Waals surface area contributed by atoms with E-state index in [1.54, 1.807) is 6.20 Å². The van der Waals surface area contributed by atoms with E-state index in [-0.39, 0.29) is 0 Å². The van der Waals surface area contributed by atoms with Crippen LogP contribution in [-0.4, -0.2) is 19.9 Å². The Labute approximate surface area is 354 Å². The number of hydrogen-bond acceptors (Lipinski definition) is 5. The van der Waals surface area contributed by atoms with Crippen molar-refractivity contribution in [1.82, 2.24) is 19.9 Å². The number of benzene rings is 8. The zero-order valence-corrected chi connectivity index (χ0v) is 32.9. The average molecular weight is 778 g/mol. The summed E-state index contributed by atoms with van der Waals surface area (Å²) in [6.45, 7) is 0. The Bertz CT molecular complexity index is 3230. The second kappa shape index (κ2) is 14.8. The van der Waals surface area contributed by atoms with Gasteiger partial charge < -0.3 is 0 Å². The number of pyridine rings is 1. The molecule has 284 valence electrons. The molecule has 2 aromatic heterocycles. The molecule has 5 heteroatoms. The second-order valence-electron chi connectivity index (χ2n) is 15.4. The number of aromatic nitrogens is 4. The SMILES string of the molecule is N#Cc1ccc(C2(c3ccccc3)c3cc(-c4cc(-c5cccnc5)cc(-c5nc(-c6ccccc6)nc(-c6ccccc6)n5)c4)ccc3-c3ccc4ccccc4c32)cc1. The predicted octanol–water partition coefficient (Wildman–Crippen LogP) is 13.0. The summed E-state index contributed by atoms with van der Waals surface area (Å²) in [7, 11) is 0. The van der Waals surface area contributed by atoms with Crippen LogP contribution in [0.2, 0.25) is 0 Å². The first-order valence-electron chi connectivity index (χ1n) is 20.3. The van der Waals surface area contributed by atoms with Crippen LogP contribution in [0.5, 0.6) is 0 Å². The molecule has 2 heterocycles. The molecule has 10 aromatic rings. The van der Waals surface area contributed by atoms with Crippen molar-refractivity contribution < 1.29 is 0 Å². The molecule has 1 unspecified atom stereocenters. The van der Waals surface area contributed by atoms with Crippen LogP contribution in [0.4, 0.5) is 0 Å². The fourth-order valence-corrected chi connectivity index (χ4v) is 9.11. The summed E-state index contributed by atoms with van der Waals surface area (Å²) in [6, 6.07) is 72.2. The number of nitrogens with zero attached hydrogens (tertiary/aromatic N) is 5. The predicted molar refractivity (Wildman–Crippen MR) is 244 cm³/mol. The van der Waals surface area contributed by atoms with Gasteiger partial charge in [0.05, 0.1) is 17.0 Å². The summed E-state index contributed by atoms with van der Waals surface area (Å²) in [6.07, 6.45) is 3.70. The molecule has 61 heavy (non-hydrogen) atoms. The van der Waals surface area contributed by atoms with Crippen molar-refractivity contribution in [2.24, 2.45) is 0 Å². The molecule has 0 fully saturated rings. The molecule has 0 bridgehead atoms. The van der Waals surface area contributed by atoms with Gasteiger partial charge >= 0.3 is 0 Å². The van der Waals surface area contributed by atoms with Gasteiger partial charge in [-0.1, -0.05) is 158 Å². The van der Waals surface area contributed by atoms with Crippen LogP contribution in [0.15, 0.2) is 213 Å². The quantitative estimate of drug-likeness (QED) is 0.161. The standard InChI is InChI=1S/C56H35N5/c57-35-37-22-26-47(27-23-37)56(46-19-8-3-9-20-46)51-34-41(25-28-49(51)50-29-24-38-13-10-11-21-48(38)52(50)56)43-31-44(42-18-12-30-58-36-42)33-45(32-43)55-60-53(39-14-4-1-5-15-39)59-54(61-55)40-16-6-2-7-17-40/h1-34,36H. The molecule has 0 aliphatic heterocycles. The van der Waals surface area contributed by atoms with E-state index in [1.165, 1.54) is 33.0 Å². The fourth-order valence-electron chi connectivity index (χ4n) is 9.11. The van der Waals surface area contributed by atoms with Gasteiger partial charge in [0.2, 0.25) is 0 Å². The van der Waals surface area contributed by atoms with E-state index in [0.717, 1.165) is 50.1 Å². The number of rotatable bonds is 7. The number of fused-ring (bicyclic) bond motifs is 5. The van der Waals surface area contributed by atoms with Crippen molar-refractivity contribution in [3.63, 3.8) is 0 Å². The topological polar surface area (TPSA) is 75.3 Å². The Morgan fingerprint density at radius 3 is 1.62 bits per heavy atom. The van der Waals surface area contributed by atoms with Crippen LogP contribution in [0.25, 0.3) is 78.3 Å². The van der Waals surface area contributed by atoms with Crippen molar-refractivity contribution >= 4 is 10.8 Å². The molecule has 0 N–H and O–H groups in total. The average Bonchev–Trinajstić information content (AvgIpc) is 3.65. The monoisotopic (exact) mass is 777 g/mol. The summed E-state index contributed by atoms with van der Waals surface area (Å²) in [4.78, 5) is 19.8. The first kappa shape index (κ1) is 35.8. The Morgan fingerprint density at radius 2 is 0.967 bits per heavy atom. The Morgan fingerprint density at radius 1 is 0.410 bits per heavy atom. The molecule has 1 aliphatic carbocycles. The van der Waals surface area contributed by atoms with Crippen molar-refractivity contribution in [2.75, 3.05) is 0 Å². The maximum atomic E-state index is 9.88. The lowest BCUT2D eigenvalue weighted by atomic mass is 9.66. The highest BCUT2D eigenvalue weighted by molar-refractivity contribution is 6.01. The van der Waals surface area contributed by atoms with Crippen LogP contribution >= 0.6 is 0 Å². The van der Waals surface area contributed by atoms with Gasteiger partial charge in [-0.25, -0.2) is 15.0 Å². The molecule has 0 saturated carbocycles. The highest BCUT2D eigenvalue weighted by Gasteiger charge is 2.47. The second-order valence-corrected chi connectivity index (χ2v) is 15.4. The third kappa shape index (κ3) is 6.09. The molecule has 5 nitrogen and oxygen atoms in total. The molecule has 1 aliphatic rings. The van der Waals surface area contributed by atoms with Crippen LogP contribution in [-0.2, 0) is 5.41 Å². The minimum Gasteiger partial charge on any atom is -0.264 e. The minimum absolute atomic E-state index is 0.580. The molecular weight excluding hydrogens is 743 g/mol. The maximum absolute atomic E-state index is 9.88. The van der Waals surface area contributed by atoms with Crippen molar-refractivity contribution in [3.8, 4) is 73.6 Å². The van der Waals surface area contributed by atoms with Gasteiger partial charge in [0.1, 0.15) is 0 Å². The number of nitriles is 1. The zero-order valence-electron chi connectivity index (χ0n) is 32.9. The Balaban J connectivity index is 1.18. The first-order valence-corrected chi connectivity index (χ1v) is 20.3. The lowest BCUT2D eigenvalue weighted by Gasteiger charge is -2.35. The highest BCUT2D eigenvalue weighted by atomic mass is 15.0. The summed E-state index contributed by atoms with van der Waals surface area (Å²) in [5.41, 5.74) is 13.7. The van der Waals surface area contributed by atoms with E-state index in [9.17, 15) is 5.26 Å². The summed E-state index contributed by atoms with van der Waals surface area (Å²) in [5.74, 6) is 1.79. The molecule has 0 radical (unpaired) electrons. The largest absolute Gasteiger partial charge is 0.264 e. The van der Waals surface area contributed by atoms with Crippen LogP contribution in [0, 0.1) is 11.3 Å². The summed E-state index contributed by atoms with van der Waals surface area (Å²) < 4.78 is 0. The van der Waals surface area contributed by atoms with Crippen LogP contribution in [0.3, 0.4) is 0 Å². The summed E-state index contributed by atoms with van der Waals surface area (Å²) >= 11 is 0. The van der Waals surface area contributed by atoms with E-state index in [4.69, 9.17) is 15.0 Å². The van der Waals surface area contributed by atoms with Crippen molar-refractivity contribution in [3.05, 3.63) is 240 Å². The van der Waals surface area contributed by atoms with Gasteiger partial charge in [-0.15, -0.1) is 0 Å². The lowest BCUT2D eigenvalue weighted by Crippen LogP contribution is -2.29. The summed E-state index contributed by atoms with van der Waals surface area (Å²) in [5, 5.41) is 12.3. The van der Waals surface area contributed by atoms with Gasteiger partial charge in [-0.3, -0.25) is 4.98 Å². The fraction of sp³-hybridized carbons (Fsp3) is 0.0179. The normalized spacial score (nSPS) is 14.0. The lowest BCUT2D eigenvalue weighted by molar-refractivity contribution is 0.775. The van der Waals surface area contributed by atoms with E-state index in [0.29, 0.717) is 23.0 Å². The third-order valence-electron chi connectivity index (χ3n) is 11.9. The molecular formula is C56H35N5. The third-order valence-corrected chi connectivity index (χ3v) is 11.9. The molecule has 11 rings (SSSR count). The van der Waals surface area contributed by atoms with Gasteiger partial charge in [0, 0.05) is 34.6 Å². The van der Waals surface area contributed by atoms with Crippen molar-refractivity contribution in [2.45, 2.75) is 5.41 Å². The van der Waals surface area contributed by atoms with Crippen molar-refractivity contribution in [1.29, 1.82) is 5.26 Å². The molecule has 8 aromatic carbocycles. The van der Waals surface area contributed by atoms with Gasteiger partial charge in [-0.05, 0) is 103 Å². The van der Waals surface area contributed by atoms with Gasteiger partial charge in [0.25, 0.3) is 0 Å². The Kier molecular flexibility index (Phi) is 8.69. The molecule has 0 spiro atoms. The van der Waals surface area contributed by atoms with Gasteiger partial charge in [0.15, 0.2) is 17.5 Å². The minimum atomic E-state index is -0.691. The van der Waals surface area contributed by atoms with Crippen LogP contribution < -0.4 is 0 Å². The van der Waals surface area contributed by atoms with E-state index < -0.39 is 5.41 Å². The maximum Gasteiger partial charge on any atom is 0.164 e. The smallest absolute Gasteiger partial charge is 0.164 e. The van der Waals surface area contributed by atoms with E-state index in [2.05, 4.69) is 132 Å². The van der Waals surface area contributed by atoms with Gasteiger partial charge in [-0.2, -0.15) is 5.26 Å². The molecule has 1 atom stereocenters. The van der Waals surface area contributed by atoms with E-state index >= 15 is 0 Å². The number of hydrogen-bond donors (Lipinski definition) is 0.